The first-order valence-corrected chi connectivity index (χ1v) is 15.7. The standard InChI is InChI=1S/C19H26.C16H25N3O3/c1-3-5-6-10-16(9-4-2)19-14-13-17-11-7-8-12-18(17)15-19;1-10(20)7-18-14-6-4-5-13(14)15(17)16(21)19-8-11(2)22-12(3)9-19/h7-8,11-16H,3-6,9-10H2,1-2H3;11-12H,4-9,17H2,1-3H3/b;15-13-,18-14?/t;11-,12+. The quantitative estimate of drug-likeness (QED) is 0.243. The Kier molecular flexibility index (Phi) is 13.1. The maximum Gasteiger partial charge on any atom is 0.270 e. The Labute approximate surface area is 247 Å². The minimum atomic E-state index is -0.144. The fraction of sp³-hybridized carbons (Fsp3) is 0.571. The molecule has 41 heavy (non-hydrogen) atoms. The third kappa shape index (κ3) is 9.81. The molecule has 2 aromatic carbocycles. The number of ether oxygens (including phenoxy) is 1. The van der Waals surface area contributed by atoms with Crippen molar-refractivity contribution < 1.29 is 14.3 Å². The van der Waals surface area contributed by atoms with E-state index in [1.54, 1.807) is 4.90 Å². The lowest BCUT2D eigenvalue weighted by molar-refractivity contribution is -0.139. The minimum Gasteiger partial charge on any atom is -0.394 e. The molecule has 1 aliphatic carbocycles. The first kappa shape index (κ1) is 32.5. The molecule has 6 heteroatoms. The maximum atomic E-state index is 12.6. The summed E-state index contributed by atoms with van der Waals surface area (Å²) in [5.74, 6) is 0.620. The van der Waals surface area contributed by atoms with E-state index in [-0.39, 0.29) is 36.1 Å². The van der Waals surface area contributed by atoms with Crippen LogP contribution in [0.4, 0.5) is 0 Å². The Balaban J connectivity index is 0.000000228. The number of Topliss-reactive ketones (excluding diaryl/α,β-unsaturated/α-hetero) is 1. The van der Waals surface area contributed by atoms with E-state index in [1.165, 1.54) is 61.8 Å². The molecule has 224 valence electrons. The summed E-state index contributed by atoms with van der Waals surface area (Å²) in [4.78, 5) is 29.8. The highest BCUT2D eigenvalue weighted by molar-refractivity contribution is 6.09. The summed E-state index contributed by atoms with van der Waals surface area (Å²) in [5.41, 5.74) is 9.57. The van der Waals surface area contributed by atoms with E-state index >= 15 is 0 Å². The summed E-state index contributed by atoms with van der Waals surface area (Å²) < 4.78 is 5.65. The largest absolute Gasteiger partial charge is 0.394 e. The van der Waals surface area contributed by atoms with Crippen molar-refractivity contribution in [2.24, 2.45) is 10.7 Å². The third-order valence-corrected chi connectivity index (χ3v) is 7.98. The van der Waals surface area contributed by atoms with Crippen LogP contribution in [0.3, 0.4) is 0 Å². The van der Waals surface area contributed by atoms with Crippen molar-refractivity contribution in [3.8, 4) is 0 Å². The van der Waals surface area contributed by atoms with Gasteiger partial charge < -0.3 is 15.4 Å². The van der Waals surface area contributed by atoms with Crippen LogP contribution in [-0.4, -0.2) is 54.1 Å². The van der Waals surface area contributed by atoms with E-state index in [1.807, 2.05) is 13.8 Å². The van der Waals surface area contributed by atoms with Gasteiger partial charge >= 0.3 is 0 Å². The summed E-state index contributed by atoms with van der Waals surface area (Å²) in [5, 5.41) is 2.74. The van der Waals surface area contributed by atoms with Crippen LogP contribution < -0.4 is 5.73 Å². The summed E-state index contributed by atoms with van der Waals surface area (Å²) in [6.07, 6.45) is 10.5. The number of fused-ring (bicyclic) bond motifs is 1. The molecular formula is C35H51N3O3. The predicted molar refractivity (Wildman–Crippen MR) is 170 cm³/mol. The van der Waals surface area contributed by atoms with Crippen LogP contribution in [0.15, 0.2) is 58.7 Å². The number of nitrogens with zero attached hydrogens (tertiary/aromatic N) is 2. The Hall–Kier alpha value is -2.99. The van der Waals surface area contributed by atoms with Crippen LogP contribution in [0.2, 0.25) is 0 Å². The van der Waals surface area contributed by atoms with Crippen molar-refractivity contribution in [3.63, 3.8) is 0 Å². The normalized spacial score (nSPS) is 21.9. The molecule has 2 aliphatic rings. The van der Waals surface area contributed by atoms with Crippen LogP contribution in [0.1, 0.15) is 104 Å². The molecule has 0 spiro atoms. The summed E-state index contributed by atoms with van der Waals surface area (Å²) in [7, 11) is 0. The smallest absolute Gasteiger partial charge is 0.270 e. The first-order valence-electron chi connectivity index (χ1n) is 15.7. The number of ketones is 1. The minimum absolute atomic E-state index is 0.0134. The second-order valence-corrected chi connectivity index (χ2v) is 11.8. The molecule has 0 radical (unpaired) electrons. The molecule has 1 saturated carbocycles. The molecule has 0 aromatic heterocycles. The fourth-order valence-electron chi connectivity index (χ4n) is 5.97. The summed E-state index contributed by atoms with van der Waals surface area (Å²) in [6.45, 7) is 11.3. The van der Waals surface area contributed by atoms with Crippen LogP contribution in [0, 0.1) is 0 Å². The highest BCUT2D eigenvalue weighted by atomic mass is 16.5. The van der Waals surface area contributed by atoms with Crippen LogP contribution >= 0.6 is 0 Å². The van der Waals surface area contributed by atoms with E-state index in [9.17, 15) is 9.59 Å². The number of aliphatic imine (C=N–C) groups is 1. The molecular weight excluding hydrogens is 510 g/mol. The third-order valence-electron chi connectivity index (χ3n) is 7.98. The van der Waals surface area contributed by atoms with Gasteiger partial charge in [-0.15, -0.1) is 0 Å². The Morgan fingerprint density at radius 2 is 1.68 bits per heavy atom. The molecule has 1 unspecified atom stereocenters. The van der Waals surface area contributed by atoms with E-state index < -0.39 is 0 Å². The lowest BCUT2D eigenvalue weighted by Gasteiger charge is -2.35. The SMILES string of the molecule is CC(=O)CN=C1CCC/C1=C(/N)C(=O)N1C[C@@H](C)O[C@@H](C)C1.CCCCCC(CCC)c1ccc2ccccc2c1. The van der Waals surface area contributed by atoms with Crippen LogP contribution in [0.5, 0.6) is 0 Å². The number of carbonyl (C=O) groups is 2. The lowest BCUT2D eigenvalue weighted by Crippen LogP contribution is -2.49. The van der Waals surface area contributed by atoms with Gasteiger partial charge in [0, 0.05) is 24.4 Å². The van der Waals surface area contributed by atoms with Gasteiger partial charge in [-0.1, -0.05) is 82.0 Å². The number of benzene rings is 2. The van der Waals surface area contributed by atoms with E-state index in [4.69, 9.17) is 10.5 Å². The van der Waals surface area contributed by atoms with E-state index in [0.717, 1.165) is 36.5 Å². The van der Waals surface area contributed by atoms with Crippen molar-refractivity contribution in [2.45, 2.75) is 111 Å². The first-order chi connectivity index (χ1) is 19.7. The molecule has 1 saturated heterocycles. The molecule has 1 aliphatic heterocycles. The molecule has 1 amide bonds. The summed E-state index contributed by atoms with van der Waals surface area (Å²) >= 11 is 0. The summed E-state index contributed by atoms with van der Waals surface area (Å²) in [6, 6.07) is 15.7. The predicted octanol–water partition coefficient (Wildman–Crippen LogP) is 7.35. The fourth-order valence-corrected chi connectivity index (χ4v) is 5.97. The van der Waals surface area contributed by atoms with Crippen molar-refractivity contribution >= 4 is 28.2 Å². The number of hydrogen-bond acceptors (Lipinski definition) is 5. The van der Waals surface area contributed by atoms with Gasteiger partial charge in [-0.3, -0.25) is 14.6 Å². The monoisotopic (exact) mass is 561 g/mol. The molecule has 3 atom stereocenters. The van der Waals surface area contributed by atoms with Gasteiger partial charge in [0.2, 0.25) is 0 Å². The number of hydrogen-bond donors (Lipinski definition) is 1. The Bertz CT molecular complexity index is 1210. The Morgan fingerprint density at radius 3 is 2.34 bits per heavy atom. The number of rotatable bonds is 10. The zero-order valence-corrected chi connectivity index (χ0v) is 26.0. The topological polar surface area (TPSA) is 85.0 Å². The van der Waals surface area contributed by atoms with Gasteiger partial charge in [-0.05, 0) is 75.1 Å². The Morgan fingerprint density at radius 1 is 0.976 bits per heavy atom. The van der Waals surface area contributed by atoms with Gasteiger partial charge in [-0.2, -0.15) is 0 Å². The van der Waals surface area contributed by atoms with Crippen molar-refractivity contribution in [1.82, 2.24) is 4.90 Å². The van der Waals surface area contributed by atoms with Gasteiger partial charge in [0.15, 0.2) is 5.78 Å². The lowest BCUT2D eigenvalue weighted by atomic mass is 9.88. The van der Waals surface area contributed by atoms with Gasteiger partial charge in [0.05, 0.1) is 18.8 Å². The molecule has 2 fully saturated rings. The number of carbonyl (C=O) groups excluding carboxylic acids is 2. The van der Waals surface area contributed by atoms with E-state index in [2.05, 4.69) is 61.3 Å². The maximum absolute atomic E-state index is 12.6. The van der Waals surface area contributed by atoms with Crippen LogP contribution in [-0.2, 0) is 14.3 Å². The second kappa shape index (κ2) is 16.5. The molecule has 2 N–H and O–H groups in total. The van der Waals surface area contributed by atoms with Crippen LogP contribution in [0.25, 0.3) is 10.8 Å². The average Bonchev–Trinajstić information content (AvgIpc) is 3.43. The average molecular weight is 562 g/mol. The molecule has 1 heterocycles. The highest BCUT2D eigenvalue weighted by Crippen LogP contribution is 2.30. The molecule has 2 aromatic rings. The number of allylic oxidation sites excluding steroid dienone is 1. The van der Waals surface area contributed by atoms with Gasteiger partial charge in [-0.25, -0.2) is 0 Å². The van der Waals surface area contributed by atoms with Crippen molar-refractivity contribution in [1.29, 1.82) is 0 Å². The number of morpholine rings is 1. The molecule has 0 bridgehead atoms. The zero-order valence-electron chi connectivity index (χ0n) is 26.0. The molecule has 6 nitrogen and oxygen atoms in total. The van der Waals surface area contributed by atoms with Gasteiger partial charge in [0.25, 0.3) is 5.91 Å². The second-order valence-electron chi connectivity index (χ2n) is 11.8. The molecule has 4 rings (SSSR count). The number of amides is 1. The van der Waals surface area contributed by atoms with Crippen molar-refractivity contribution in [2.75, 3.05) is 19.6 Å². The number of unbranched alkanes of at least 4 members (excludes halogenated alkanes) is 2. The highest BCUT2D eigenvalue weighted by Gasteiger charge is 2.30. The van der Waals surface area contributed by atoms with E-state index in [0.29, 0.717) is 13.1 Å². The van der Waals surface area contributed by atoms with Gasteiger partial charge in [0.1, 0.15) is 5.70 Å². The number of nitrogens with two attached hydrogens (primary N) is 1. The zero-order chi connectivity index (χ0) is 29.8. The van der Waals surface area contributed by atoms with Crippen molar-refractivity contribution in [3.05, 3.63) is 59.3 Å².